The van der Waals surface area contributed by atoms with E-state index < -0.39 is 0 Å². The van der Waals surface area contributed by atoms with Gasteiger partial charge < -0.3 is 9.84 Å². The summed E-state index contributed by atoms with van der Waals surface area (Å²) in [6.45, 7) is 2.84. The first kappa shape index (κ1) is 14.5. The second kappa shape index (κ2) is 7.06. The third-order valence-electron chi connectivity index (χ3n) is 4.52. The molecule has 1 aliphatic rings. The van der Waals surface area contributed by atoms with Gasteiger partial charge in [-0.05, 0) is 35.8 Å². The highest BCUT2D eigenvalue weighted by Crippen LogP contribution is 2.39. The third-order valence-corrected chi connectivity index (χ3v) is 4.52. The number of ether oxygens (including phenoxy) is 1. The van der Waals surface area contributed by atoms with Crippen molar-refractivity contribution in [1.29, 1.82) is 0 Å². The molecule has 1 aromatic rings. The zero-order valence-corrected chi connectivity index (χ0v) is 12.1. The highest BCUT2D eigenvalue weighted by molar-refractivity contribution is 5.29. The van der Waals surface area contributed by atoms with Crippen LogP contribution in [0.3, 0.4) is 0 Å². The maximum atomic E-state index is 10.7. The number of hydrogen-bond acceptors (Lipinski definition) is 2. The van der Waals surface area contributed by atoms with Gasteiger partial charge in [-0.2, -0.15) is 0 Å². The van der Waals surface area contributed by atoms with Gasteiger partial charge in [-0.25, -0.2) is 0 Å². The van der Waals surface area contributed by atoms with Crippen LogP contribution in [0.25, 0.3) is 0 Å². The SMILES string of the molecule is CCC1CCCC(C(O)c2ccccc2COC)C1. The molecular weight excluding hydrogens is 236 g/mol. The average molecular weight is 262 g/mol. The Morgan fingerprint density at radius 1 is 1.32 bits per heavy atom. The topological polar surface area (TPSA) is 29.5 Å². The smallest absolute Gasteiger partial charge is 0.0821 e. The minimum absolute atomic E-state index is 0.333. The fourth-order valence-electron chi connectivity index (χ4n) is 3.35. The van der Waals surface area contributed by atoms with Crippen molar-refractivity contribution in [3.63, 3.8) is 0 Å². The Hall–Kier alpha value is -0.860. The summed E-state index contributed by atoms with van der Waals surface area (Å²) in [5.74, 6) is 1.21. The molecule has 106 valence electrons. The molecule has 19 heavy (non-hydrogen) atoms. The molecule has 1 N–H and O–H groups in total. The fourth-order valence-corrected chi connectivity index (χ4v) is 3.35. The molecule has 2 rings (SSSR count). The van der Waals surface area contributed by atoms with Gasteiger partial charge in [0.1, 0.15) is 0 Å². The van der Waals surface area contributed by atoms with E-state index >= 15 is 0 Å². The highest BCUT2D eigenvalue weighted by atomic mass is 16.5. The van der Waals surface area contributed by atoms with Crippen molar-refractivity contribution in [2.24, 2.45) is 11.8 Å². The largest absolute Gasteiger partial charge is 0.388 e. The molecule has 2 nitrogen and oxygen atoms in total. The van der Waals surface area contributed by atoms with Gasteiger partial charge in [-0.15, -0.1) is 0 Å². The Morgan fingerprint density at radius 2 is 2.11 bits per heavy atom. The molecular formula is C17H26O2. The standard InChI is InChI=1S/C17H26O2/c1-3-13-7-6-9-14(11-13)17(18)16-10-5-4-8-15(16)12-19-2/h4-5,8,10,13-14,17-18H,3,6-7,9,11-12H2,1-2H3. The molecule has 1 aromatic carbocycles. The van der Waals surface area contributed by atoms with Crippen LogP contribution < -0.4 is 0 Å². The molecule has 0 aromatic heterocycles. The summed E-state index contributed by atoms with van der Waals surface area (Å²) in [5.41, 5.74) is 2.18. The quantitative estimate of drug-likeness (QED) is 0.866. The van der Waals surface area contributed by atoms with Gasteiger partial charge in [-0.3, -0.25) is 0 Å². The third kappa shape index (κ3) is 3.58. The van der Waals surface area contributed by atoms with E-state index in [-0.39, 0.29) is 6.10 Å². The molecule has 0 spiro atoms. The van der Waals surface area contributed by atoms with Crippen LogP contribution in [-0.2, 0) is 11.3 Å². The van der Waals surface area contributed by atoms with Crippen LogP contribution in [0.5, 0.6) is 0 Å². The first-order valence-electron chi connectivity index (χ1n) is 7.51. The van der Waals surface area contributed by atoms with Crippen LogP contribution >= 0.6 is 0 Å². The van der Waals surface area contributed by atoms with E-state index in [1.807, 2.05) is 12.1 Å². The van der Waals surface area contributed by atoms with Gasteiger partial charge >= 0.3 is 0 Å². The van der Waals surface area contributed by atoms with E-state index in [4.69, 9.17) is 4.74 Å². The average Bonchev–Trinajstić information content (AvgIpc) is 2.47. The van der Waals surface area contributed by atoms with Crippen molar-refractivity contribution >= 4 is 0 Å². The monoisotopic (exact) mass is 262 g/mol. The van der Waals surface area contributed by atoms with Crippen molar-refractivity contribution in [1.82, 2.24) is 0 Å². The van der Waals surface area contributed by atoms with Crippen molar-refractivity contribution in [3.05, 3.63) is 35.4 Å². The molecule has 3 unspecified atom stereocenters. The first-order chi connectivity index (χ1) is 9.26. The van der Waals surface area contributed by atoms with Crippen molar-refractivity contribution in [3.8, 4) is 0 Å². The van der Waals surface area contributed by atoms with Crippen LogP contribution in [0, 0.1) is 11.8 Å². The Kier molecular flexibility index (Phi) is 5.41. The number of aliphatic hydroxyl groups excluding tert-OH is 1. The maximum Gasteiger partial charge on any atom is 0.0821 e. The Balaban J connectivity index is 2.12. The van der Waals surface area contributed by atoms with E-state index in [0.717, 1.165) is 23.5 Å². The number of benzene rings is 1. The van der Waals surface area contributed by atoms with Crippen LogP contribution in [0.4, 0.5) is 0 Å². The van der Waals surface area contributed by atoms with Crippen molar-refractivity contribution in [2.75, 3.05) is 7.11 Å². The summed E-state index contributed by atoms with van der Waals surface area (Å²) in [6.07, 6.45) is 5.81. The molecule has 0 radical (unpaired) electrons. The van der Waals surface area contributed by atoms with Crippen LogP contribution in [0.2, 0.25) is 0 Å². The second-order valence-electron chi connectivity index (χ2n) is 5.78. The molecule has 0 bridgehead atoms. The lowest BCUT2D eigenvalue weighted by Crippen LogP contribution is -2.22. The number of methoxy groups -OCH3 is 1. The second-order valence-corrected chi connectivity index (χ2v) is 5.78. The molecule has 0 aliphatic heterocycles. The molecule has 2 heteroatoms. The lowest BCUT2D eigenvalue weighted by Gasteiger charge is -2.32. The summed E-state index contributed by atoms with van der Waals surface area (Å²) < 4.78 is 5.24. The van der Waals surface area contributed by atoms with Gasteiger partial charge in [0.2, 0.25) is 0 Å². The van der Waals surface area contributed by atoms with E-state index in [1.54, 1.807) is 7.11 Å². The van der Waals surface area contributed by atoms with E-state index in [1.165, 1.54) is 25.7 Å². The van der Waals surface area contributed by atoms with Gasteiger partial charge in [0.25, 0.3) is 0 Å². The number of hydrogen-bond donors (Lipinski definition) is 1. The summed E-state index contributed by atoms with van der Waals surface area (Å²) in [5, 5.41) is 10.7. The predicted octanol–water partition coefficient (Wildman–Crippen LogP) is 4.08. The predicted molar refractivity (Wildman–Crippen MR) is 77.9 cm³/mol. The summed E-state index contributed by atoms with van der Waals surface area (Å²) in [6, 6.07) is 8.13. The normalized spacial score (nSPS) is 25.2. The van der Waals surface area contributed by atoms with Crippen LogP contribution in [-0.4, -0.2) is 12.2 Å². The zero-order chi connectivity index (χ0) is 13.7. The van der Waals surface area contributed by atoms with Gasteiger partial charge in [-0.1, -0.05) is 50.5 Å². The van der Waals surface area contributed by atoms with Crippen LogP contribution in [0.1, 0.15) is 56.3 Å². The van der Waals surface area contributed by atoms with Crippen LogP contribution in [0.15, 0.2) is 24.3 Å². The van der Waals surface area contributed by atoms with Crippen molar-refractivity contribution < 1.29 is 9.84 Å². The molecule has 0 heterocycles. The molecule has 0 saturated heterocycles. The molecule has 0 amide bonds. The minimum Gasteiger partial charge on any atom is -0.388 e. The fraction of sp³-hybridized carbons (Fsp3) is 0.647. The Morgan fingerprint density at radius 3 is 2.84 bits per heavy atom. The van der Waals surface area contributed by atoms with Gasteiger partial charge in [0.05, 0.1) is 12.7 Å². The van der Waals surface area contributed by atoms with E-state index in [9.17, 15) is 5.11 Å². The Bertz CT molecular complexity index is 389. The highest BCUT2D eigenvalue weighted by Gasteiger charge is 2.28. The number of rotatable bonds is 5. The lowest BCUT2D eigenvalue weighted by atomic mass is 9.76. The number of aliphatic hydroxyl groups is 1. The van der Waals surface area contributed by atoms with Crippen molar-refractivity contribution in [2.45, 2.75) is 51.7 Å². The van der Waals surface area contributed by atoms with E-state index in [0.29, 0.717) is 12.5 Å². The first-order valence-corrected chi connectivity index (χ1v) is 7.51. The van der Waals surface area contributed by atoms with Gasteiger partial charge in [0.15, 0.2) is 0 Å². The Labute approximate surface area is 116 Å². The molecule has 1 aliphatic carbocycles. The lowest BCUT2D eigenvalue weighted by molar-refractivity contribution is 0.0653. The maximum absolute atomic E-state index is 10.7. The summed E-state index contributed by atoms with van der Waals surface area (Å²) in [7, 11) is 1.71. The molecule has 1 saturated carbocycles. The zero-order valence-electron chi connectivity index (χ0n) is 12.1. The van der Waals surface area contributed by atoms with Gasteiger partial charge in [0, 0.05) is 7.11 Å². The summed E-state index contributed by atoms with van der Waals surface area (Å²) in [4.78, 5) is 0. The molecule has 3 atom stereocenters. The minimum atomic E-state index is -0.333. The van der Waals surface area contributed by atoms with E-state index in [2.05, 4.69) is 19.1 Å². The molecule has 1 fully saturated rings. The summed E-state index contributed by atoms with van der Waals surface area (Å²) >= 11 is 0.